The van der Waals surface area contributed by atoms with Gasteiger partial charge in [0, 0.05) is 0 Å². The molecular weight excluding hydrogens is 128 g/mol. The van der Waals surface area contributed by atoms with Gasteiger partial charge in [0.15, 0.2) is 0 Å². The van der Waals surface area contributed by atoms with Gasteiger partial charge >= 0.3 is 0 Å². The molecule has 8 heavy (non-hydrogen) atoms. The fourth-order valence-corrected chi connectivity index (χ4v) is 1.12. The van der Waals surface area contributed by atoms with Crippen molar-refractivity contribution in [3.05, 3.63) is 0 Å². The standard InChI is InChI=1S/C4H6O3S/c5-3-6-4-1-7-8-2-4/h3-4H,1-2H2. The molecule has 1 atom stereocenters. The minimum Gasteiger partial charge on any atom is -0.461 e. The number of hydrogen-bond donors (Lipinski definition) is 0. The molecule has 0 spiro atoms. The summed E-state index contributed by atoms with van der Waals surface area (Å²) in [5.74, 6) is 0.763. The van der Waals surface area contributed by atoms with Crippen LogP contribution in [0.1, 0.15) is 0 Å². The van der Waals surface area contributed by atoms with Gasteiger partial charge in [-0.25, -0.2) is 0 Å². The Hall–Kier alpha value is -0.220. The van der Waals surface area contributed by atoms with Crippen LogP contribution < -0.4 is 0 Å². The molecule has 0 radical (unpaired) electrons. The zero-order valence-corrected chi connectivity index (χ0v) is 5.02. The van der Waals surface area contributed by atoms with Crippen LogP contribution >= 0.6 is 12.0 Å². The Labute approximate surface area is 51.5 Å². The fourth-order valence-electron chi connectivity index (χ4n) is 0.453. The number of ether oxygens (including phenoxy) is 1. The minimum atomic E-state index is -0.0162. The number of carbonyl (C=O) groups excluding carboxylic acids is 1. The first-order valence-corrected chi connectivity index (χ1v) is 3.18. The first-order chi connectivity index (χ1) is 3.93. The molecule has 1 fully saturated rings. The number of hydrogen-bond acceptors (Lipinski definition) is 4. The van der Waals surface area contributed by atoms with Crippen LogP contribution in [0.2, 0.25) is 0 Å². The molecule has 0 bridgehead atoms. The fraction of sp³-hybridized carbons (Fsp3) is 0.750. The molecule has 0 saturated carbocycles. The van der Waals surface area contributed by atoms with E-state index in [4.69, 9.17) is 4.18 Å². The van der Waals surface area contributed by atoms with Gasteiger partial charge in [-0.2, -0.15) is 0 Å². The second kappa shape index (κ2) is 2.94. The van der Waals surface area contributed by atoms with Crippen LogP contribution in [0.15, 0.2) is 0 Å². The molecule has 4 heteroatoms. The van der Waals surface area contributed by atoms with Crippen molar-refractivity contribution in [3.8, 4) is 0 Å². The van der Waals surface area contributed by atoms with Gasteiger partial charge in [0.2, 0.25) is 0 Å². The summed E-state index contributed by atoms with van der Waals surface area (Å²) in [6.07, 6.45) is -0.0162. The summed E-state index contributed by atoms with van der Waals surface area (Å²) in [5.41, 5.74) is 0. The normalized spacial score (nSPS) is 27.8. The molecule has 1 aliphatic heterocycles. The van der Waals surface area contributed by atoms with E-state index in [2.05, 4.69) is 4.74 Å². The predicted molar refractivity (Wildman–Crippen MR) is 29.3 cm³/mol. The van der Waals surface area contributed by atoms with E-state index in [1.165, 1.54) is 12.0 Å². The highest BCUT2D eigenvalue weighted by atomic mass is 32.2. The Morgan fingerprint density at radius 1 is 1.88 bits per heavy atom. The summed E-state index contributed by atoms with van der Waals surface area (Å²) < 4.78 is 9.42. The van der Waals surface area contributed by atoms with Crippen molar-refractivity contribution < 1.29 is 13.7 Å². The lowest BCUT2D eigenvalue weighted by Gasteiger charge is -1.99. The Morgan fingerprint density at radius 2 is 2.75 bits per heavy atom. The third-order valence-electron chi connectivity index (χ3n) is 0.839. The molecular formula is C4H6O3S. The smallest absolute Gasteiger partial charge is 0.293 e. The molecule has 1 rings (SSSR count). The van der Waals surface area contributed by atoms with Crippen molar-refractivity contribution in [1.82, 2.24) is 0 Å². The van der Waals surface area contributed by atoms with Gasteiger partial charge in [0.25, 0.3) is 6.47 Å². The van der Waals surface area contributed by atoms with E-state index in [0.717, 1.165) is 5.75 Å². The van der Waals surface area contributed by atoms with Gasteiger partial charge in [-0.05, 0) is 12.0 Å². The summed E-state index contributed by atoms with van der Waals surface area (Å²) in [7, 11) is 0. The number of rotatable bonds is 2. The molecule has 1 aliphatic rings. The lowest BCUT2D eigenvalue weighted by molar-refractivity contribution is -0.133. The average molecular weight is 134 g/mol. The molecule has 0 aliphatic carbocycles. The maximum Gasteiger partial charge on any atom is 0.293 e. The van der Waals surface area contributed by atoms with Crippen molar-refractivity contribution in [2.75, 3.05) is 12.4 Å². The second-order valence-corrected chi connectivity index (χ2v) is 2.23. The van der Waals surface area contributed by atoms with Crippen LogP contribution in [0.4, 0.5) is 0 Å². The van der Waals surface area contributed by atoms with Gasteiger partial charge in [-0.1, -0.05) is 0 Å². The first-order valence-electron chi connectivity index (χ1n) is 2.27. The lowest BCUT2D eigenvalue weighted by atomic mass is 10.4. The topological polar surface area (TPSA) is 35.5 Å². The van der Waals surface area contributed by atoms with Gasteiger partial charge in [-0.3, -0.25) is 4.79 Å². The van der Waals surface area contributed by atoms with Crippen molar-refractivity contribution in [1.29, 1.82) is 0 Å². The van der Waals surface area contributed by atoms with Crippen LogP contribution in [0.5, 0.6) is 0 Å². The van der Waals surface area contributed by atoms with Crippen LogP contribution in [-0.4, -0.2) is 24.9 Å². The second-order valence-electron chi connectivity index (χ2n) is 1.42. The highest BCUT2D eigenvalue weighted by Gasteiger charge is 2.16. The van der Waals surface area contributed by atoms with E-state index in [0.29, 0.717) is 13.1 Å². The predicted octanol–water partition coefficient (Wildman–Crippen LogP) is 0.206. The molecule has 0 N–H and O–H groups in total. The van der Waals surface area contributed by atoms with Crippen molar-refractivity contribution in [2.24, 2.45) is 0 Å². The SMILES string of the molecule is O=COC1COSC1. The van der Waals surface area contributed by atoms with E-state index in [1.807, 2.05) is 0 Å². The zero-order chi connectivity index (χ0) is 5.82. The molecule has 0 aromatic heterocycles. The number of carbonyl (C=O) groups is 1. The third kappa shape index (κ3) is 1.38. The minimum absolute atomic E-state index is 0.0162. The van der Waals surface area contributed by atoms with Crippen LogP contribution in [0.25, 0.3) is 0 Å². The van der Waals surface area contributed by atoms with Gasteiger partial charge < -0.3 is 8.92 Å². The summed E-state index contributed by atoms with van der Waals surface area (Å²) in [4.78, 5) is 9.67. The Balaban J connectivity index is 2.14. The quantitative estimate of drug-likeness (QED) is 0.399. The van der Waals surface area contributed by atoms with E-state index >= 15 is 0 Å². The maximum absolute atomic E-state index is 9.67. The van der Waals surface area contributed by atoms with Crippen LogP contribution in [0.3, 0.4) is 0 Å². The van der Waals surface area contributed by atoms with E-state index < -0.39 is 0 Å². The molecule has 0 amide bonds. The summed E-state index contributed by atoms with van der Waals surface area (Å²) in [5, 5.41) is 0. The van der Waals surface area contributed by atoms with Crippen LogP contribution in [0, 0.1) is 0 Å². The molecule has 0 aromatic carbocycles. The molecule has 1 unspecified atom stereocenters. The molecule has 3 nitrogen and oxygen atoms in total. The van der Waals surface area contributed by atoms with Gasteiger partial charge in [0.1, 0.15) is 6.10 Å². The van der Waals surface area contributed by atoms with E-state index in [9.17, 15) is 4.79 Å². The summed E-state index contributed by atoms with van der Waals surface area (Å²) in [6.45, 7) is 0.989. The molecule has 1 heterocycles. The van der Waals surface area contributed by atoms with Crippen LogP contribution in [-0.2, 0) is 13.7 Å². The van der Waals surface area contributed by atoms with Crippen molar-refractivity contribution in [2.45, 2.75) is 6.10 Å². The van der Waals surface area contributed by atoms with Crippen molar-refractivity contribution in [3.63, 3.8) is 0 Å². The molecule has 1 saturated heterocycles. The van der Waals surface area contributed by atoms with Gasteiger partial charge in [0.05, 0.1) is 12.4 Å². The first kappa shape index (κ1) is 5.91. The summed E-state index contributed by atoms with van der Waals surface area (Å²) in [6, 6.07) is 0. The van der Waals surface area contributed by atoms with E-state index in [1.54, 1.807) is 0 Å². The monoisotopic (exact) mass is 134 g/mol. The van der Waals surface area contributed by atoms with Crippen molar-refractivity contribution >= 4 is 18.5 Å². The van der Waals surface area contributed by atoms with Gasteiger partial charge in [-0.15, -0.1) is 0 Å². The Bertz CT molecular complexity index is 79.4. The third-order valence-corrected chi connectivity index (χ3v) is 1.65. The Kier molecular flexibility index (Phi) is 2.17. The van der Waals surface area contributed by atoms with E-state index in [-0.39, 0.29) is 6.10 Å². The highest BCUT2D eigenvalue weighted by molar-refractivity contribution is 7.94. The largest absolute Gasteiger partial charge is 0.461 e. The molecule has 46 valence electrons. The highest BCUT2D eigenvalue weighted by Crippen LogP contribution is 2.15. The maximum atomic E-state index is 9.67. The molecule has 0 aromatic rings. The average Bonchev–Trinajstić information content (AvgIpc) is 2.19. The summed E-state index contributed by atoms with van der Waals surface area (Å²) >= 11 is 1.34. The zero-order valence-electron chi connectivity index (χ0n) is 4.20. The Morgan fingerprint density at radius 3 is 3.25 bits per heavy atom. The lowest BCUT2D eigenvalue weighted by Crippen LogP contribution is -2.13.